The average Bonchev–Trinajstić information content (AvgIpc) is 2.99. The predicted molar refractivity (Wildman–Crippen MR) is 96.3 cm³/mol. The van der Waals surface area contributed by atoms with E-state index in [4.69, 9.17) is 4.74 Å². The molecule has 2 aromatic rings. The molecule has 0 saturated carbocycles. The van der Waals surface area contributed by atoms with Gasteiger partial charge in [-0.15, -0.1) is 0 Å². The van der Waals surface area contributed by atoms with E-state index in [9.17, 15) is 13.6 Å². The number of hydrogen-bond donors (Lipinski definition) is 1. The molecule has 1 aliphatic heterocycles. The highest BCUT2D eigenvalue weighted by Gasteiger charge is 2.27. The second-order valence-corrected chi connectivity index (χ2v) is 7.49. The Morgan fingerprint density at radius 3 is 2.88 bits per heavy atom. The van der Waals surface area contributed by atoms with Gasteiger partial charge in [0.2, 0.25) is 0 Å². The van der Waals surface area contributed by atoms with Gasteiger partial charge in [-0.05, 0) is 45.7 Å². The van der Waals surface area contributed by atoms with E-state index in [0.29, 0.717) is 11.9 Å². The average molecular weight is 363 g/mol. The first-order chi connectivity index (χ1) is 12.2. The number of benzene rings is 1. The zero-order valence-corrected chi connectivity index (χ0v) is 15.2. The van der Waals surface area contributed by atoms with Crippen molar-refractivity contribution >= 4 is 22.7 Å². The van der Waals surface area contributed by atoms with E-state index in [-0.39, 0.29) is 11.6 Å². The second-order valence-electron chi connectivity index (χ2n) is 7.49. The molecule has 1 unspecified atom stereocenters. The molecule has 2 heterocycles. The molecular weight excluding hydrogens is 340 g/mol. The summed E-state index contributed by atoms with van der Waals surface area (Å²) in [4.78, 5) is 18.0. The van der Waals surface area contributed by atoms with Crippen LogP contribution in [-0.2, 0) is 4.74 Å². The fourth-order valence-corrected chi connectivity index (χ4v) is 3.30. The van der Waals surface area contributed by atoms with Crippen LogP contribution < -0.4 is 10.2 Å². The molecule has 26 heavy (non-hydrogen) atoms. The molecule has 0 aliphatic carbocycles. The van der Waals surface area contributed by atoms with Crippen LogP contribution in [0.5, 0.6) is 0 Å². The molecule has 1 aliphatic rings. The first-order valence-electron chi connectivity index (χ1n) is 8.72. The lowest BCUT2D eigenvalue weighted by atomic mass is 10.1. The molecule has 0 bridgehead atoms. The molecule has 1 saturated heterocycles. The lowest BCUT2D eigenvalue weighted by Crippen LogP contribution is -2.42. The van der Waals surface area contributed by atoms with Gasteiger partial charge in [0.05, 0.1) is 0 Å². The van der Waals surface area contributed by atoms with Crippen molar-refractivity contribution in [2.75, 3.05) is 18.0 Å². The number of halogens is 2. The highest BCUT2D eigenvalue weighted by atomic mass is 19.1. The summed E-state index contributed by atoms with van der Waals surface area (Å²) >= 11 is 0. The lowest BCUT2D eigenvalue weighted by Gasteiger charge is -2.28. The molecule has 7 heteroatoms. The second kappa shape index (κ2) is 7.05. The summed E-state index contributed by atoms with van der Waals surface area (Å²) in [7, 11) is 0. The van der Waals surface area contributed by atoms with Gasteiger partial charge < -0.3 is 15.0 Å². The maximum absolute atomic E-state index is 14.0. The van der Waals surface area contributed by atoms with Crippen LogP contribution in [0.25, 0.3) is 10.9 Å². The molecule has 0 radical (unpaired) electrons. The van der Waals surface area contributed by atoms with Gasteiger partial charge in [0.25, 0.3) is 0 Å². The van der Waals surface area contributed by atoms with Crippen molar-refractivity contribution in [3.05, 3.63) is 36.0 Å². The summed E-state index contributed by atoms with van der Waals surface area (Å²) in [6.07, 6.45) is 2.86. The third kappa shape index (κ3) is 4.03. The molecular formula is C19H23F2N3O2. The van der Waals surface area contributed by atoms with Crippen LogP contribution >= 0.6 is 0 Å². The van der Waals surface area contributed by atoms with E-state index >= 15 is 0 Å². The molecule has 1 atom stereocenters. The number of fused-ring (bicyclic) bond motifs is 1. The predicted octanol–water partition coefficient (Wildman–Crippen LogP) is 4.01. The summed E-state index contributed by atoms with van der Waals surface area (Å²) in [6, 6.07) is 3.93. The monoisotopic (exact) mass is 363 g/mol. The zero-order chi connectivity index (χ0) is 18.9. The minimum atomic E-state index is -0.676. The van der Waals surface area contributed by atoms with Crippen LogP contribution in [0.15, 0.2) is 24.4 Å². The fourth-order valence-electron chi connectivity index (χ4n) is 3.30. The Labute approximate surface area is 151 Å². The van der Waals surface area contributed by atoms with Crippen molar-refractivity contribution in [3.8, 4) is 0 Å². The largest absolute Gasteiger partial charge is 0.444 e. The summed E-state index contributed by atoms with van der Waals surface area (Å²) in [6.45, 7) is 6.57. The number of pyridine rings is 1. The molecule has 1 aromatic heterocycles. The summed E-state index contributed by atoms with van der Waals surface area (Å²) in [5.74, 6) is -1.31. The quantitative estimate of drug-likeness (QED) is 0.895. The number of ether oxygens (including phenoxy) is 1. The van der Waals surface area contributed by atoms with Gasteiger partial charge in [-0.3, -0.25) is 4.98 Å². The Kier molecular flexibility index (Phi) is 4.98. The van der Waals surface area contributed by atoms with Gasteiger partial charge in [0.15, 0.2) is 5.82 Å². The molecule has 5 nitrogen and oxygen atoms in total. The van der Waals surface area contributed by atoms with Gasteiger partial charge in [0.1, 0.15) is 16.9 Å². The van der Waals surface area contributed by atoms with Crippen LogP contribution in [0.2, 0.25) is 0 Å². The number of nitrogens with one attached hydrogen (secondary N) is 1. The van der Waals surface area contributed by atoms with E-state index in [1.807, 2.05) is 0 Å². The third-order valence-corrected chi connectivity index (χ3v) is 4.31. The molecule has 0 spiro atoms. The maximum atomic E-state index is 14.0. The van der Waals surface area contributed by atoms with Gasteiger partial charge >= 0.3 is 6.09 Å². The molecule has 1 N–H and O–H groups in total. The number of carbonyl (C=O) groups is 1. The minimum Gasteiger partial charge on any atom is -0.444 e. The van der Waals surface area contributed by atoms with E-state index in [2.05, 4.69) is 15.2 Å². The molecule has 140 valence electrons. The van der Waals surface area contributed by atoms with Crippen molar-refractivity contribution in [2.45, 2.75) is 45.3 Å². The maximum Gasteiger partial charge on any atom is 0.407 e. The van der Waals surface area contributed by atoms with E-state index in [1.165, 1.54) is 12.3 Å². The van der Waals surface area contributed by atoms with Crippen LogP contribution in [0, 0.1) is 11.6 Å². The Morgan fingerprint density at radius 1 is 1.38 bits per heavy atom. The summed E-state index contributed by atoms with van der Waals surface area (Å²) in [5, 5.41) is 3.22. The van der Waals surface area contributed by atoms with Crippen molar-refractivity contribution in [3.63, 3.8) is 0 Å². The Balaban J connectivity index is 1.80. The fraction of sp³-hybridized carbons (Fsp3) is 0.474. The van der Waals surface area contributed by atoms with Crippen molar-refractivity contribution in [1.82, 2.24) is 10.3 Å². The van der Waals surface area contributed by atoms with Crippen LogP contribution in [0.3, 0.4) is 0 Å². The van der Waals surface area contributed by atoms with Crippen LogP contribution in [0.4, 0.5) is 19.3 Å². The molecule has 1 aromatic carbocycles. The number of anilines is 1. The Hall–Kier alpha value is -2.44. The highest BCUT2D eigenvalue weighted by molar-refractivity contribution is 5.92. The smallest absolute Gasteiger partial charge is 0.407 e. The molecule has 1 amide bonds. The summed E-state index contributed by atoms with van der Waals surface area (Å²) in [5.41, 5.74) is 0.312. The van der Waals surface area contributed by atoms with Gasteiger partial charge in [0, 0.05) is 42.5 Å². The van der Waals surface area contributed by atoms with Crippen LogP contribution in [-0.4, -0.2) is 35.8 Å². The van der Waals surface area contributed by atoms with Crippen molar-refractivity contribution in [1.29, 1.82) is 0 Å². The third-order valence-electron chi connectivity index (χ3n) is 4.31. The molecule has 1 fully saturated rings. The first-order valence-corrected chi connectivity index (χ1v) is 8.72. The highest BCUT2D eigenvalue weighted by Crippen LogP contribution is 2.32. The minimum absolute atomic E-state index is 0.0273. The Bertz CT molecular complexity index is 820. The number of carbonyl (C=O) groups excluding carboxylic acids is 1. The van der Waals surface area contributed by atoms with Crippen molar-refractivity contribution < 1.29 is 18.3 Å². The van der Waals surface area contributed by atoms with E-state index < -0.39 is 23.3 Å². The number of rotatable bonds is 3. The van der Waals surface area contributed by atoms with E-state index in [1.54, 1.807) is 26.8 Å². The topological polar surface area (TPSA) is 54.5 Å². The number of amides is 1. The normalized spacial score (nSPS) is 17.6. The van der Waals surface area contributed by atoms with Crippen LogP contribution in [0.1, 0.15) is 33.6 Å². The van der Waals surface area contributed by atoms with Gasteiger partial charge in [-0.25, -0.2) is 13.6 Å². The van der Waals surface area contributed by atoms with Gasteiger partial charge in [-0.1, -0.05) is 0 Å². The summed E-state index contributed by atoms with van der Waals surface area (Å²) < 4.78 is 33.0. The SMILES string of the molecule is CC(C)(C)OC(=O)NCC1CCCN1c1ccnc2c(F)cc(F)cc12. The number of hydrogen-bond acceptors (Lipinski definition) is 4. The van der Waals surface area contributed by atoms with Crippen molar-refractivity contribution in [2.24, 2.45) is 0 Å². The molecule has 3 rings (SSSR count). The standard InChI is InChI=1S/C19H23F2N3O2/c1-19(2,3)26-18(25)23-11-13-5-4-8-24(13)16-6-7-22-17-14(16)9-12(20)10-15(17)21/h6-7,9-10,13H,4-5,8,11H2,1-3H3,(H,23,25). The zero-order valence-electron chi connectivity index (χ0n) is 15.2. The van der Waals surface area contributed by atoms with Gasteiger partial charge in [-0.2, -0.15) is 0 Å². The Morgan fingerprint density at radius 2 is 2.15 bits per heavy atom. The number of aromatic nitrogens is 1. The first kappa shape index (κ1) is 18.4. The van der Waals surface area contributed by atoms with E-state index in [0.717, 1.165) is 31.1 Å². The number of nitrogens with zero attached hydrogens (tertiary/aromatic N) is 2. The number of alkyl carbamates (subject to hydrolysis) is 1. The lowest BCUT2D eigenvalue weighted by molar-refractivity contribution is 0.0525.